The summed E-state index contributed by atoms with van der Waals surface area (Å²) in [6.45, 7) is 10.6. The Bertz CT molecular complexity index is 1190. The first-order valence-corrected chi connectivity index (χ1v) is 15.4. The predicted octanol–water partition coefficient (Wildman–Crippen LogP) is 4.32. The molecule has 234 valence electrons. The number of benzene rings is 1. The van der Waals surface area contributed by atoms with Crippen LogP contribution in [-0.2, 0) is 25.9 Å². The van der Waals surface area contributed by atoms with Crippen LogP contribution in [0.3, 0.4) is 0 Å². The average molecular weight is 585 g/mol. The summed E-state index contributed by atoms with van der Waals surface area (Å²) in [5.41, 5.74) is 4.11. The SMILES string of the molecule is CCCCc1oc(CCc2ccc(O)c(OC[C@H](NCC)c3cc([C@H](C)[C@H](CNC)NC[C@H](C)O)c[nH]3)c2)cc1CO. The molecule has 0 saturated heterocycles. The molecule has 3 rings (SSSR count). The number of phenolic OH excluding ortho intramolecular Hbond substituents is 1. The minimum Gasteiger partial charge on any atom is -0.504 e. The molecule has 0 radical (unpaired) electrons. The maximum atomic E-state index is 10.5. The number of ether oxygens (including phenoxy) is 1. The van der Waals surface area contributed by atoms with Crippen molar-refractivity contribution in [3.05, 3.63) is 70.4 Å². The van der Waals surface area contributed by atoms with Crippen LogP contribution in [0.5, 0.6) is 11.5 Å². The third-order valence-electron chi connectivity index (χ3n) is 7.75. The molecule has 0 unspecified atom stereocenters. The van der Waals surface area contributed by atoms with Crippen molar-refractivity contribution in [1.29, 1.82) is 0 Å². The van der Waals surface area contributed by atoms with Gasteiger partial charge in [0.1, 0.15) is 18.1 Å². The van der Waals surface area contributed by atoms with E-state index in [4.69, 9.17) is 9.15 Å². The lowest BCUT2D eigenvalue weighted by Gasteiger charge is -2.25. The van der Waals surface area contributed by atoms with Crippen molar-refractivity contribution in [1.82, 2.24) is 20.9 Å². The molecule has 3 aromatic rings. The first-order chi connectivity index (χ1) is 20.3. The van der Waals surface area contributed by atoms with Gasteiger partial charge in [-0.25, -0.2) is 0 Å². The van der Waals surface area contributed by atoms with Crippen molar-refractivity contribution in [3.8, 4) is 11.5 Å². The molecule has 0 aliphatic carbocycles. The lowest BCUT2D eigenvalue weighted by atomic mass is 9.94. The van der Waals surface area contributed by atoms with E-state index in [0.29, 0.717) is 25.3 Å². The van der Waals surface area contributed by atoms with Crippen LogP contribution in [-0.4, -0.2) is 65.7 Å². The number of aromatic hydroxyl groups is 1. The number of phenols is 1. The first kappa shape index (κ1) is 33.7. The van der Waals surface area contributed by atoms with E-state index in [2.05, 4.69) is 47.8 Å². The molecule has 0 amide bonds. The molecular formula is C33H52N4O5. The summed E-state index contributed by atoms with van der Waals surface area (Å²) in [7, 11) is 1.93. The van der Waals surface area contributed by atoms with E-state index < -0.39 is 6.10 Å². The molecule has 9 heteroatoms. The maximum Gasteiger partial charge on any atom is 0.161 e. The molecule has 7 N–H and O–H groups in total. The zero-order chi connectivity index (χ0) is 30.5. The van der Waals surface area contributed by atoms with Gasteiger partial charge >= 0.3 is 0 Å². The van der Waals surface area contributed by atoms with E-state index in [0.717, 1.165) is 67.1 Å². The summed E-state index contributed by atoms with van der Waals surface area (Å²) >= 11 is 0. The highest BCUT2D eigenvalue weighted by Gasteiger charge is 2.22. The highest BCUT2D eigenvalue weighted by molar-refractivity contribution is 5.42. The smallest absolute Gasteiger partial charge is 0.161 e. The lowest BCUT2D eigenvalue weighted by Crippen LogP contribution is -2.43. The van der Waals surface area contributed by atoms with Crippen molar-refractivity contribution in [2.75, 3.05) is 33.3 Å². The van der Waals surface area contributed by atoms with E-state index in [1.165, 1.54) is 5.56 Å². The molecular weight excluding hydrogens is 532 g/mol. The van der Waals surface area contributed by atoms with Gasteiger partial charge in [0, 0.05) is 49.4 Å². The Kier molecular flexibility index (Phi) is 13.9. The van der Waals surface area contributed by atoms with Crippen LogP contribution in [0, 0.1) is 0 Å². The van der Waals surface area contributed by atoms with Gasteiger partial charge in [0.05, 0.1) is 18.8 Å². The molecule has 42 heavy (non-hydrogen) atoms. The van der Waals surface area contributed by atoms with Gasteiger partial charge in [-0.15, -0.1) is 0 Å². The number of aryl methyl sites for hydroxylation is 3. The second kappa shape index (κ2) is 17.3. The Balaban J connectivity index is 1.65. The van der Waals surface area contributed by atoms with Crippen molar-refractivity contribution in [2.24, 2.45) is 0 Å². The fourth-order valence-corrected chi connectivity index (χ4v) is 5.20. The number of rotatable bonds is 20. The van der Waals surface area contributed by atoms with Gasteiger partial charge < -0.3 is 45.4 Å². The molecule has 0 spiro atoms. The number of aliphatic hydroxyl groups excluding tert-OH is 2. The zero-order valence-electron chi connectivity index (χ0n) is 26.0. The van der Waals surface area contributed by atoms with Gasteiger partial charge in [-0.05, 0) is 74.7 Å². The van der Waals surface area contributed by atoms with Crippen molar-refractivity contribution >= 4 is 0 Å². The Hall–Kier alpha value is -2.82. The highest BCUT2D eigenvalue weighted by atomic mass is 16.5. The van der Waals surface area contributed by atoms with E-state index >= 15 is 0 Å². The van der Waals surface area contributed by atoms with E-state index in [9.17, 15) is 15.3 Å². The predicted molar refractivity (Wildman–Crippen MR) is 167 cm³/mol. The van der Waals surface area contributed by atoms with Crippen LogP contribution < -0.4 is 20.7 Å². The van der Waals surface area contributed by atoms with Gasteiger partial charge in [0.2, 0.25) is 0 Å². The zero-order valence-corrected chi connectivity index (χ0v) is 26.0. The number of hydrogen-bond acceptors (Lipinski definition) is 8. The number of hydrogen-bond donors (Lipinski definition) is 7. The van der Waals surface area contributed by atoms with Crippen molar-refractivity contribution in [2.45, 2.75) is 90.5 Å². The number of aromatic amines is 1. The molecule has 0 fully saturated rings. The molecule has 0 aliphatic rings. The van der Waals surface area contributed by atoms with E-state index in [1.54, 1.807) is 13.0 Å². The quantitative estimate of drug-likeness (QED) is 0.104. The van der Waals surface area contributed by atoms with Gasteiger partial charge in [-0.3, -0.25) is 0 Å². The molecule has 9 nitrogen and oxygen atoms in total. The Morgan fingerprint density at radius 1 is 1.02 bits per heavy atom. The molecule has 0 bridgehead atoms. The average Bonchev–Trinajstić information content (AvgIpc) is 3.63. The van der Waals surface area contributed by atoms with Crippen molar-refractivity contribution < 1.29 is 24.5 Å². The molecule has 2 aromatic heterocycles. The fraction of sp³-hybridized carbons (Fsp3) is 0.576. The fourth-order valence-electron chi connectivity index (χ4n) is 5.20. The molecule has 0 saturated carbocycles. The van der Waals surface area contributed by atoms with E-state index in [1.807, 2.05) is 31.4 Å². The molecule has 0 aliphatic heterocycles. The first-order valence-electron chi connectivity index (χ1n) is 15.4. The number of nitrogens with one attached hydrogen (secondary N) is 4. The monoisotopic (exact) mass is 584 g/mol. The Morgan fingerprint density at radius 2 is 1.83 bits per heavy atom. The summed E-state index contributed by atoms with van der Waals surface area (Å²) in [5, 5.41) is 40.2. The van der Waals surface area contributed by atoms with Gasteiger partial charge in [0.25, 0.3) is 0 Å². The van der Waals surface area contributed by atoms with Gasteiger partial charge in [-0.1, -0.05) is 33.3 Å². The molecule has 4 atom stereocenters. The van der Waals surface area contributed by atoms with Gasteiger partial charge in [0.15, 0.2) is 11.5 Å². The number of H-pyrrole nitrogens is 1. The summed E-state index contributed by atoms with van der Waals surface area (Å²) in [5.74, 6) is 2.52. The third-order valence-corrected chi connectivity index (χ3v) is 7.75. The standard InChI is InChI=1S/C33H52N4O5/c1-6-8-9-32-26(20-38)15-27(42-32)12-10-24-11-13-31(40)33(14-24)41-21-30(35-7-2)28-16-25(18-37-28)23(4)29(19-34-5)36-17-22(3)39/h11,13-16,18,22-23,29-30,34-40H,6-10,12,17,19-21H2,1-5H3/t22-,23-,29-,30-/m0/s1. The Labute approximate surface area is 251 Å². The largest absolute Gasteiger partial charge is 0.504 e. The topological polar surface area (TPSA) is 135 Å². The van der Waals surface area contributed by atoms with Crippen LogP contribution >= 0.6 is 0 Å². The number of likely N-dealkylation sites (N-methyl/N-ethyl adjacent to an activating group) is 2. The normalized spacial score (nSPS) is 14.5. The lowest BCUT2D eigenvalue weighted by molar-refractivity contribution is 0.183. The van der Waals surface area contributed by atoms with Gasteiger partial charge in [-0.2, -0.15) is 0 Å². The summed E-state index contributed by atoms with van der Waals surface area (Å²) in [6, 6.07) is 9.68. The molecule has 1 aromatic carbocycles. The van der Waals surface area contributed by atoms with Crippen LogP contribution in [0.1, 0.15) is 86.4 Å². The van der Waals surface area contributed by atoms with Crippen LogP contribution in [0.4, 0.5) is 0 Å². The Morgan fingerprint density at radius 3 is 2.52 bits per heavy atom. The van der Waals surface area contributed by atoms with E-state index in [-0.39, 0.29) is 30.4 Å². The minimum absolute atomic E-state index is 0.00959. The summed E-state index contributed by atoms with van der Waals surface area (Å²) in [4.78, 5) is 3.43. The highest BCUT2D eigenvalue weighted by Crippen LogP contribution is 2.30. The van der Waals surface area contributed by atoms with Crippen LogP contribution in [0.15, 0.2) is 40.9 Å². The number of unbranched alkanes of at least 4 members (excludes halogenated alkanes) is 1. The number of aromatic nitrogens is 1. The molecule has 2 heterocycles. The minimum atomic E-state index is -0.406. The summed E-state index contributed by atoms with van der Waals surface area (Å²) < 4.78 is 12.2. The summed E-state index contributed by atoms with van der Waals surface area (Å²) in [6.07, 6.45) is 6.02. The second-order valence-corrected chi connectivity index (χ2v) is 11.2. The number of furan rings is 1. The maximum absolute atomic E-state index is 10.5. The van der Waals surface area contributed by atoms with Crippen molar-refractivity contribution in [3.63, 3.8) is 0 Å². The number of aliphatic hydroxyl groups is 2. The second-order valence-electron chi connectivity index (χ2n) is 11.2. The van der Waals surface area contributed by atoms with Crippen LogP contribution in [0.2, 0.25) is 0 Å². The third kappa shape index (κ3) is 9.88. The van der Waals surface area contributed by atoms with Crippen LogP contribution in [0.25, 0.3) is 0 Å².